The van der Waals surface area contributed by atoms with Crippen LogP contribution < -0.4 is 14.9 Å². The van der Waals surface area contributed by atoms with E-state index in [2.05, 4.69) is 26.5 Å². The number of aromatic hydroxyl groups is 1. The fraction of sp³-hybridized carbons (Fsp3) is 0.176. The summed E-state index contributed by atoms with van der Waals surface area (Å²) >= 11 is 3.32. The first kappa shape index (κ1) is 17.8. The van der Waals surface area contributed by atoms with E-state index in [9.17, 15) is 9.90 Å². The van der Waals surface area contributed by atoms with Crippen LogP contribution in [0.5, 0.6) is 17.2 Å². The number of ether oxygens (including phenoxy) is 2. The van der Waals surface area contributed by atoms with Gasteiger partial charge in [-0.2, -0.15) is 5.10 Å². The van der Waals surface area contributed by atoms with E-state index in [1.807, 2.05) is 19.1 Å². The Morgan fingerprint density at radius 2 is 2.00 bits per heavy atom. The second kappa shape index (κ2) is 8.93. The molecule has 0 aliphatic carbocycles. The zero-order valence-electron chi connectivity index (χ0n) is 13.0. The number of nitrogens with one attached hydrogen (secondary N) is 1. The van der Waals surface area contributed by atoms with Gasteiger partial charge in [0.25, 0.3) is 5.91 Å². The van der Waals surface area contributed by atoms with Gasteiger partial charge in [0.15, 0.2) is 18.1 Å². The number of nitrogens with zero attached hydrogens (tertiary/aromatic N) is 1. The van der Waals surface area contributed by atoms with Crippen LogP contribution in [0.3, 0.4) is 0 Å². The number of rotatable bonds is 7. The monoisotopic (exact) mass is 392 g/mol. The average Bonchev–Trinajstić information content (AvgIpc) is 2.58. The standard InChI is InChI=1S/C17H17BrN2O4/c1-2-23-15-5-3-4-12(17(15)22)10-19-20-16(21)11-24-14-8-6-13(18)7-9-14/h3-10,22H,2,11H2,1H3,(H,20,21)/b19-10+. The third kappa shape index (κ3) is 5.27. The lowest BCUT2D eigenvalue weighted by atomic mass is 10.2. The molecule has 2 aromatic carbocycles. The molecule has 1 amide bonds. The Morgan fingerprint density at radius 3 is 2.71 bits per heavy atom. The Labute approximate surface area is 148 Å². The average molecular weight is 393 g/mol. The number of phenolic OH excluding ortho intramolecular Hbond substituents is 1. The molecule has 0 aromatic heterocycles. The summed E-state index contributed by atoms with van der Waals surface area (Å²) in [7, 11) is 0. The van der Waals surface area contributed by atoms with Crippen LogP contribution in [0.25, 0.3) is 0 Å². The van der Waals surface area contributed by atoms with Gasteiger partial charge in [-0.25, -0.2) is 5.43 Å². The van der Waals surface area contributed by atoms with Crippen LogP contribution in [-0.2, 0) is 4.79 Å². The van der Waals surface area contributed by atoms with Gasteiger partial charge in [-0.1, -0.05) is 22.0 Å². The molecule has 0 aliphatic heterocycles. The molecule has 2 N–H and O–H groups in total. The van der Waals surface area contributed by atoms with Crippen molar-refractivity contribution >= 4 is 28.1 Å². The Bertz CT molecular complexity index is 717. The molecule has 126 valence electrons. The summed E-state index contributed by atoms with van der Waals surface area (Å²) in [6, 6.07) is 12.2. The van der Waals surface area contributed by atoms with Crippen molar-refractivity contribution < 1.29 is 19.4 Å². The van der Waals surface area contributed by atoms with Gasteiger partial charge >= 0.3 is 0 Å². The number of benzene rings is 2. The number of halogens is 1. The van der Waals surface area contributed by atoms with Gasteiger partial charge in [0.2, 0.25) is 0 Å². The van der Waals surface area contributed by atoms with E-state index >= 15 is 0 Å². The highest BCUT2D eigenvalue weighted by atomic mass is 79.9. The highest BCUT2D eigenvalue weighted by molar-refractivity contribution is 9.10. The molecule has 6 nitrogen and oxygen atoms in total. The van der Waals surface area contributed by atoms with Gasteiger partial charge in [-0.15, -0.1) is 0 Å². The molecule has 2 aromatic rings. The highest BCUT2D eigenvalue weighted by Gasteiger charge is 2.06. The molecule has 24 heavy (non-hydrogen) atoms. The van der Waals surface area contributed by atoms with Crippen molar-refractivity contribution in [3.8, 4) is 17.2 Å². The lowest BCUT2D eigenvalue weighted by molar-refractivity contribution is -0.123. The normalized spacial score (nSPS) is 10.6. The van der Waals surface area contributed by atoms with E-state index in [0.717, 1.165) is 4.47 Å². The van der Waals surface area contributed by atoms with Crippen molar-refractivity contribution in [2.75, 3.05) is 13.2 Å². The Morgan fingerprint density at radius 1 is 1.25 bits per heavy atom. The summed E-state index contributed by atoms with van der Waals surface area (Å²) in [6.45, 7) is 2.11. The first-order chi connectivity index (χ1) is 11.6. The van der Waals surface area contributed by atoms with Crippen molar-refractivity contribution in [2.24, 2.45) is 5.10 Å². The number of hydrogen-bond donors (Lipinski definition) is 2. The maximum absolute atomic E-state index is 11.7. The molecule has 7 heteroatoms. The summed E-state index contributed by atoms with van der Waals surface area (Å²) in [5.74, 6) is 0.517. The maximum Gasteiger partial charge on any atom is 0.277 e. The molecule has 0 heterocycles. The predicted molar refractivity (Wildman–Crippen MR) is 94.6 cm³/mol. The number of carbonyl (C=O) groups is 1. The largest absolute Gasteiger partial charge is 0.504 e. The minimum atomic E-state index is -0.408. The van der Waals surface area contributed by atoms with Gasteiger partial charge in [-0.3, -0.25) is 4.79 Å². The zero-order valence-corrected chi connectivity index (χ0v) is 14.6. The second-order valence-corrected chi connectivity index (χ2v) is 5.58. The molecule has 0 saturated heterocycles. The van der Waals surface area contributed by atoms with Crippen molar-refractivity contribution in [1.29, 1.82) is 0 Å². The molecule has 0 aliphatic rings. The van der Waals surface area contributed by atoms with Crippen LogP contribution >= 0.6 is 15.9 Å². The summed E-state index contributed by atoms with van der Waals surface area (Å²) < 4.78 is 11.5. The number of para-hydroxylation sites is 1. The van der Waals surface area contributed by atoms with Crippen molar-refractivity contribution in [2.45, 2.75) is 6.92 Å². The molecule has 0 fully saturated rings. The van der Waals surface area contributed by atoms with Gasteiger partial charge in [0, 0.05) is 10.0 Å². The fourth-order valence-corrected chi connectivity index (χ4v) is 2.07. The molecule has 0 unspecified atom stereocenters. The van der Waals surface area contributed by atoms with E-state index < -0.39 is 5.91 Å². The summed E-state index contributed by atoms with van der Waals surface area (Å²) in [5.41, 5.74) is 2.78. The number of hydrogen-bond acceptors (Lipinski definition) is 5. The molecular formula is C17H17BrN2O4. The van der Waals surface area contributed by atoms with E-state index in [1.54, 1.807) is 30.3 Å². The SMILES string of the molecule is CCOc1cccc(/C=N/NC(=O)COc2ccc(Br)cc2)c1O. The van der Waals surface area contributed by atoms with Crippen LogP contribution in [0, 0.1) is 0 Å². The highest BCUT2D eigenvalue weighted by Crippen LogP contribution is 2.28. The van der Waals surface area contributed by atoms with Gasteiger partial charge in [-0.05, 0) is 43.3 Å². The topological polar surface area (TPSA) is 80.2 Å². The van der Waals surface area contributed by atoms with E-state index in [-0.39, 0.29) is 12.4 Å². The minimum absolute atomic E-state index is 0.0246. The molecule has 0 atom stereocenters. The molecular weight excluding hydrogens is 376 g/mol. The third-order valence-electron chi connectivity index (χ3n) is 2.91. The van der Waals surface area contributed by atoms with Crippen molar-refractivity contribution in [3.05, 3.63) is 52.5 Å². The van der Waals surface area contributed by atoms with Gasteiger partial charge < -0.3 is 14.6 Å². The Kier molecular flexibility index (Phi) is 6.62. The number of amides is 1. The molecule has 2 rings (SSSR count). The minimum Gasteiger partial charge on any atom is -0.504 e. The summed E-state index contributed by atoms with van der Waals surface area (Å²) in [6.07, 6.45) is 1.34. The fourth-order valence-electron chi connectivity index (χ4n) is 1.80. The first-order valence-electron chi connectivity index (χ1n) is 7.25. The smallest absolute Gasteiger partial charge is 0.277 e. The number of phenols is 1. The lowest BCUT2D eigenvalue weighted by Gasteiger charge is -2.07. The summed E-state index contributed by atoms with van der Waals surface area (Å²) in [4.78, 5) is 11.7. The van der Waals surface area contributed by atoms with Crippen LogP contribution in [0.15, 0.2) is 52.0 Å². The third-order valence-corrected chi connectivity index (χ3v) is 3.44. The summed E-state index contributed by atoms with van der Waals surface area (Å²) in [5, 5.41) is 13.8. The zero-order chi connectivity index (χ0) is 17.4. The van der Waals surface area contributed by atoms with Crippen molar-refractivity contribution in [1.82, 2.24) is 5.43 Å². The molecule has 0 radical (unpaired) electrons. The lowest BCUT2D eigenvalue weighted by Crippen LogP contribution is -2.24. The molecule has 0 saturated carbocycles. The van der Waals surface area contributed by atoms with Crippen LogP contribution in [0.1, 0.15) is 12.5 Å². The van der Waals surface area contributed by atoms with Crippen molar-refractivity contribution in [3.63, 3.8) is 0 Å². The molecule has 0 bridgehead atoms. The van der Waals surface area contributed by atoms with Crippen LogP contribution in [0.2, 0.25) is 0 Å². The number of carbonyl (C=O) groups excluding carboxylic acids is 1. The predicted octanol–water partition coefficient (Wildman–Crippen LogP) is 3.08. The van der Waals surface area contributed by atoms with E-state index in [1.165, 1.54) is 6.21 Å². The van der Waals surface area contributed by atoms with E-state index in [4.69, 9.17) is 9.47 Å². The first-order valence-corrected chi connectivity index (χ1v) is 8.04. The Balaban J connectivity index is 1.86. The van der Waals surface area contributed by atoms with Gasteiger partial charge in [0.05, 0.1) is 12.8 Å². The van der Waals surface area contributed by atoms with Crippen LogP contribution in [0.4, 0.5) is 0 Å². The van der Waals surface area contributed by atoms with Crippen LogP contribution in [-0.4, -0.2) is 30.4 Å². The Hall–Kier alpha value is -2.54. The van der Waals surface area contributed by atoms with E-state index in [0.29, 0.717) is 23.7 Å². The van der Waals surface area contributed by atoms with Gasteiger partial charge in [0.1, 0.15) is 5.75 Å². The second-order valence-electron chi connectivity index (χ2n) is 4.66. The quantitative estimate of drug-likeness (QED) is 0.560. The maximum atomic E-state index is 11.7. The number of hydrazone groups is 1. The molecule has 0 spiro atoms.